The fourth-order valence-corrected chi connectivity index (χ4v) is 3.91. The fraction of sp³-hybridized carbons (Fsp3) is 0.0952. The van der Waals surface area contributed by atoms with Crippen LogP contribution in [0.1, 0.15) is 15.9 Å². The Hall–Kier alpha value is -3.03. The molecule has 0 unspecified atom stereocenters. The minimum absolute atomic E-state index is 0.0625. The third-order valence-electron chi connectivity index (χ3n) is 4.23. The van der Waals surface area contributed by atoms with Gasteiger partial charge in [0.25, 0.3) is 15.9 Å². The second-order valence-corrected chi connectivity index (χ2v) is 8.33. The monoisotopic (exact) mass is 430 g/mol. The molecule has 3 rings (SSSR count). The van der Waals surface area contributed by atoms with E-state index in [1.165, 1.54) is 25.3 Å². The van der Waals surface area contributed by atoms with Crippen LogP contribution in [0.4, 0.5) is 11.4 Å². The van der Waals surface area contributed by atoms with Gasteiger partial charge in [-0.25, -0.2) is 8.42 Å². The highest BCUT2D eigenvalue weighted by molar-refractivity contribution is 7.92. The summed E-state index contributed by atoms with van der Waals surface area (Å²) < 4.78 is 33.0. The van der Waals surface area contributed by atoms with Gasteiger partial charge < -0.3 is 10.1 Å². The standard InChI is InChI=1S/C21H19ClN2O4S/c1-14-5-3-4-6-20(14)23-21(25)18-13-17(11-12-19(18)22)29(26,27)24-15-7-9-16(28-2)10-8-15/h3-13,24H,1-2H3,(H,23,25). The van der Waals surface area contributed by atoms with Crippen molar-refractivity contribution < 1.29 is 17.9 Å². The lowest BCUT2D eigenvalue weighted by Crippen LogP contribution is -2.16. The van der Waals surface area contributed by atoms with Crippen molar-refractivity contribution in [1.29, 1.82) is 0 Å². The van der Waals surface area contributed by atoms with E-state index in [0.29, 0.717) is 17.1 Å². The molecule has 0 aliphatic carbocycles. The van der Waals surface area contributed by atoms with Gasteiger partial charge in [-0.05, 0) is 61.0 Å². The van der Waals surface area contributed by atoms with Gasteiger partial charge >= 0.3 is 0 Å². The number of methoxy groups -OCH3 is 1. The number of carbonyl (C=O) groups is 1. The van der Waals surface area contributed by atoms with E-state index in [9.17, 15) is 13.2 Å². The fourth-order valence-electron chi connectivity index (χ4n) is 2.62. The first-order valence-electron chi connectivity index (χ1n) is 8.63. The average molecular weight is 431 g/mol. The Balaban J connectivity index is 1.87. The van der Waals surface area contributed by atoms with Gasteiger partial charge in [0.05, 0.1) is 22.6 Å². The lowest BCUT2D eigenvalue weighted by molar-refractivity contribution is 0.102. The Labute approximate surface area is 174 Å². The molecule has 2 N–H and O–H groups in total. The maximum absolute atomic E-state index is 12.7. The number of aryl methyl sites for hydroxylation is 1. The number of benzene rings is 3. The zero-order valence-corrected chi connectivity index (χ0v) is 17.3. The lowest BCUT2D eigenvalue weighted by atomic mass is 10.1. The topological polar surface area (TPSA) is 84.5 Å². The molecule has 6 nitrogen and oxygen atoms in total. The van der Waals surface area contributed by atoms with Gasteiger partial charge in [0, 0.05) is 11.4 Å². The number of hydrogen-bond donors (Lipinski definition) is 2. The van der Waals surface area contributed by atoms with Crippen molar-refractivity contribution in [3.05, 3.63) is 82.9 Å². The molecule has 3 aromatic carbocycles. The number of carbonyl (C=O) groups excluding carboxylic acids is 1. The molecule has 3 aromatic rings. The van der Waals surface area contributed by atoms with Gasteiger partial charge in [0.1, 0.15) is 5.75 Å². The van der Waals surface area contributed by atoms with Gasteiger partial charge in [0.2, 0.25) is 0 Å². The minimum atomic E-state index is -3.92. The van der Waals surface area contributed by atoms with Crippen LogP contribution in [0.5, 0.6) is 5.75 Å². The highest BCUT2D eigenvalue weighted by Gasteiger charge is 2.19. The molecule has 0 fully saturated rings. The summed E-state index contributed by atoms with van der Waals surface area (Å²) in [6, 6.07) is 17.7. The summed E-state index contributed by atoms with van der Waals surface area (Å²) in [5, 5.41) is 2.91. The van der Waals surface area contributed by atoms with Crippen LogP contribution in [0.2, 0.25) is 5.02 Å². The van der Waals surface area contributed by atoms with Crippen LogP contribution < -0.4 is 14.8 Å². The molecule has 0 radical (unpaired) electrons. The van der Waals surface area contributed by atoms with Crippen LogP contribution in [0, 0.1) is 6.92 Å². The molecule has 0 saturated carbocycles. The quantitative estimate of drug-likeness (QED) is 0.593. The van der Waals surface area contributed by atoms with Crippen molar-refractivity contribution in [3.8, 4) is 5.75 Å². The summed E-state index contributed by atoms with van der Waals surface area (Å²) in [7, 11) is -2.39. The average Bonchev–Trinajstić information content (AvgIpc) is 2.70. The van der Waals surface area contributed by atoms with Gasteiger partial charge in [0.15, 0.2) is 0 Å². The van der Waals surface area contributed by atoms with Crippen molar-refractivity contribution in [2.24, 2.45) is 0 Å². The summed E-state index contributed by atoms with van der Waals surface area (Å²) in [5.41, 5.74) is 1.93. The van der Waals surface area contributed by atoms with Crippen LogP contribution >= 0.6 is 11.6 Å². The molecule has 0 aromatic heterocycles. The Morgan fingerprint density at radius 1 is 1.00 bits per heavy atom. The molecular formula is C21H19ClN2O4S. The molecule has 0 aliphatic heterocycles. The molecule has 0 spiro atoms. The van der Waals surface area contributed by atoms with Crippen molar-refractivity contribution in [2.75, 3.05) is 17.1 Å². The number of nitrogens with one attached hydrogen (secondary N) is 2. The van der Waals surface area contributed by atoms with E-state index >= 15 is 0 Å². The molecule has 29 heavy (non-hydrogen) atoms. The third-order valence-corrected chi connectivity index (χ3v) is 5.94. The molecule has 1 amide bonds. The Morgan fingerprint density at radius 3 is 2.34 bits per heavy atom. The molecule has 0 bridgehead atoms. The zero-order chi connectivity index (χ0) is 21.0. The first-order valence-corrected chi connectivity index (χ1v) is 10.5. The molecule has 150 valence electrons. The van der Waals surface area contributed by atoms with Crippen molar-refractivity contribution >= 4 is 38.9 Å². The summed E-state index contributed by atoms with van der Waals surface area (Å²) in [6.45, 7) is 1.86. The van der Waals surface area contributed by atoms with Gasteiger partial charge in [-0.3, -0.25) is 9.52 Å². The van der Waals surface area contributed by atoms with Crippen LogP contribution in [0.15, 0.2) is 71.6 Å². The van der Waals surface area contributed by atoms with E-state index in [2.05, 4.69) is 10.0 Å². The maximum atomic E-state index is 12.7. The van der Waals surface area contributed by atoms with Crippen LogP contribution in [0.3, 0.4) is 0 Å². The van der Waals surface area contributed by atoms with Crippen molar-refractivity contribution in [3.63, 3.8) is 0 Å². The molecule has 8 heteroatoms. The van der Waals surface area contributed by atoms with E-state index in [0.717, 1.165) is 5.56 Å². The highest BCUT2D eigenvalue weighted by atomic mass is 35.5. The maximum Gasteiger partial charge on any atom is 0.261 e. The van der Waals surface area contributed by atoms with E-state index in [-0.39, 0.29) is 15.5 Å². The molecule has 0 aliphatic rings. The second kappa shape index (κ2) is 8.55. The number of amides is 1. The van der Waals surface area contributed by atoms with Crippen LogP contribution in [-0.4, -0.2) is 21.4 Å². The number of anilines is 2. The largest absolute Gasteiger partial charge is 0.497 e. The normalized spacial score (nSPS) is 11.0. The first kappa shape index (κ1) is 20.7. The highest BCUT2D eigenvalue weighted by Crippen LogP contribution is 2.25. The molecule has 0 saturated heterocycles. The lowest BCUT2D eigenvalue weighted by Gasteiger charge is -2.12. The van der Waals surface area contributed by atoms with E-state index < -0.39 is 15.9 Å². The zero-order valence-electron chi connectivity index (χ0n) is 15.8. The Kier molecular flexibility index (Phi) is 6.10. The predicted molar refractivity (Wildman–Crippen MR) is 114 cm³/mol. The molecule has 0 atom stereocenters. The number of sulfonamides is 1. The third kappa shape index (κ3) is 4.88. The number of rotatable bonds is 6. The van der Waals surface area contributed by atoms with E-state index in [1.54, 1.807) is 36.4 Å². The number of hydrogen-bond acceptors (Lipinski definition) is 4. The summed E-state index contributed by atoms with van der Waals surface area (Å²) in [5.74, 6) is 0.111. The molecule has 0 heterocycles. The second-order valence-electron chi connectivity index (χ2n) is 6.24. The SMILES string of the molecule is COc1ccc(NS(=O)(=O)c2ccc(Cl)c(C(=O)Nc3ccccc3C)c2)cc1. The minimum Gasteiger partial charge on any atom is -0.497 e. The van der Waals surface area contributed by atoms with Gasteiger partial charge in [-0.2, -0.15) is 0 Å². The number of halogens is 1. The first-order chi connectivity index (χ1) is 13.8. The van der Waals surface area contributed by atoms with Gasteiger partial charge in [-0.1, -0.05) is 29.8 Å². The van der Waals surface area contributed by atoms with Crippen molar-refractivity contribution in [2.45, 2.75) is 11.8 Å². The summed E-state index contributed by atoms with van der Waals surface area (Å²) in [4.78, 5) is 12.6. The smallest absolute Gasteiger partial charge is 0.261 e. The Bertz CT molecular complexity index is 1150. The van der Waals surface area contributed by atoms with E-state index in [1.807, 2.05) is 19.1 Å². The number of ether oxygens (including phenoxy) is 1. The molecular weight excluding hydrogens is 412 g/mol. The number of para-hydroxylation sites is 1. The van der Waals surface area contributed by atoms with E-state index in [4.69, 9.17) is 16.3 Å². The predicted octanol–water partition coefficient (Wildman–Crippen LogP) is 4.71. The Morgan fingerprint density at radius 2 is 1.69 bits per heavy atom. The van der Waals surface area contributed by atoms with Crippen LogP contribution in [0.25, 0.3) is 0 Å². The summed E-state index contributed by atoms with van der Waals surface area (Å²) >= 11 is 6.15. The van der Waals surface area contributed by atoms with Crippen LogP contribution in [-0.2, 0) is 10.0 Å². The summed E-state index contributed by atoms with van der Waals surface area (Å²) in [6.07, 6.45) is 0. The van der Waals surface area contributed by atoms with Crippen molar-refractivity contribution in [1.82, 2.24) is 0 Å². The van der Waals surface area contributed by atoms with Gasteiger partial charge in [-0.15, -0.1) is 0 Å².